The lowest BCUT2D eigenvalue weighted by Gasteiger charge is -2.13. The van der Waals surface area contributed by atoms with Crippen LogP contribution < -0.4 is 10.6 Å². The van der Waals surface area contributed by atoms with Crippen LogP contribution in [0.15, 0.2) is 46.3 Å². The van der Waals surface area contributed by atoms with Crippen molar-refractivity contribution in [1.82, 2.24) is 15.5 Å². The zero-order valence-electron chi connectivity index (χ0n) is 15.8. The predicted octanol–water partition coefficient (Wildman–Crippen LogP) is 3.90. The van der Waals surface area contributed by atoms with Gasteiger partial charge in [0.25, 0.3) is 5.91 Å². The molecule has 7 nitrogen and oxygen atoms in total. The monoisotopic (exact) mass is 398 g/mol. The molecule has 0 atom stereocenters. The highest BCUT2D eigenvalue weighted by atomic mass is 32.1. The van der Waals surface area contributed by atoms with E-state index < -0.39 is 0 Å². The van der Waals surface area contributed by atoms with Crippen molar-refractivity contribution in [3.8, 4) is 10.7 Å². The molecule has 0 fully saturated rings. The van der Waals surface area contributed by atoms with Gasteiger partial charge in [0.05, 0.1) is 16.1 Å². The molecule has 0 saturated heterocycles. The molecular weight excluding hydrogens is 376 g/mol. The second-order valence-electron chi connectivity index (χ2n) is 6.56. The topological polar surface area (TPSA) is 97.1 Å². The number of para-hydroxylation sites is 1. The molecule has 28 heavy (non-hydrogen) atoms. The van der Waals surface area contributed by atoms with Crippen molar-refractivity contribution in [2.24, 2.45) is 0 Å². The van der Waals surface area contributed by atoms with Gasteiger partial charge in [-0.3, -0.25) is 9.59 Å². The minimum Gasteiger partial charge on any atom is -0.350 e. The number of hydrogen-bond donors (Lipinski definition) is 2. The Morgan fingerprint density at radius 3 is 2.75 bits per heavy atom. The highest BCUT2D eigenvalue weighted by Gasteiger charge is 2.14. The van der Waals surface area contributed by atoms with Gasteiger partial charge in [0, 0.05) is 18.9 Å². The van der Waals surface area contributed by atoms with Crippen LogP contribution in [0.1, 0.15) is 42.9 Å². The Kier molecular flexibility index (Phi) is 6.54. The van der Waals surface area contributed by atoms with Crippen LogP contribution >= 0.6 is 11.3 Å². The van der Waals surface area contributed by atoms with E-state index in [0.29, 0.717) is 35.8 Å². The van der Waals surface area contributed by atoms with Gasteiger partial charge < -0.3 is 15.2 Å². The summed E-state index contributed by atoms with van der Waals surface area (Å²) in [7, 11) is 0. The van der Waals surface area contributed by atoms with Crippen LogP contribution in [0.2, 0.25) is 0 Å². The first-order chi connectivity index (χ1) is 13.5. The third kappa shape index (κ3) is 5.26. The van der Waals surface area contributed by atoms with Crippen LogP contribution in [0.25, 0.3) is 10.7 Å². The summed E-state index contributed by atoms with van der Waals surface area (Å²) in [6, 6.07) is 10.8. The average molecular weight is 398 g/mol. The number of carbonyl (C=O) groups is 2. The fraction of sp³-hybridized carbons (Fsp3) is 0.300. The van der Waals surface area contributed by atoms with Gasteiger partial charge in [0.1, 0.15) is 0 Å². The number of carbonyl (C=O) groups excluding carboxylic acids is 2. The van der Waals surface area contributed by atoms with E-state index in [2.05, 4.69) is 20.8 Å². The van der Waals surface area contributed by atoms with Gasteiger partial charge in [-0.05, 0) is 43.8 Å². The Morgan fingerprint density at radius 1 is 1.18 bits per heavy atom. The normalized spacial score (nSPS) is 10.8. The Balaban J connectivity index is 1.52. The summed E-state index contributed by atoms with van der Waals surface area (Å²) in [5, 5.41) is 11.6. The highest BCUT2D eigenvalue weighted by molar-refractivity contribution is 7.13. The summed E-state index contributed by atoms with van der Waals surface area (Å²) >= 11 is 1.54. The molecule has 146 valence electrons. The molecule has 0 aliphatic rings. The number of anilines is 1. The van der Waals surface area contributed by atoms with Gasteiger partial charge in [-0.15, -0.1) is 11.3 Å². The van der Waals surface area contributed by atoms with Crippen molar-refractivity contribution < 1.29 is 14.1 Å². The Morgan fingerprint density at radius 2 is 2.00 bits per heavy atom. The highest BCUT2D eigenvalue weighted by Crippen LogP contribution is 2.21. The third-order valence-corrected chi connectivity index (χ3v) is 4.74. The minimum absolute atomic E-state index is 0.0183. The van der Waals surface area contributed by atoms with Crippen LogP contribution in [0, 0.1) is 0 Å². The van der Waals surface area contributed by atoms with Gasteiger partial charge >= 0.3 is 0 Å². The molecule has 0 saturated carbocycles. The van der Waals surface area contributed by atoms with Gasteiger partial charge in [-0.2, -0.15) is 4.98 Å². The van der Waals surface area contributed by atoms with Crippen molar-refractivity contribution in [2.75, 3.05) is 5.32 Å². The molecule has 0 aliphatic carbocycles. The fourth-order valence-corrected chi connectivity index (χ4v) is 3.25. The largest absolute Gasteiger partial charge is 0.350 e. The van der Waals surface area contributed by atoms with E-state index in [9.17, 15) is 9.59 Å². The number of nitrogens with zero attached hydrogens (tertiary/aromatic N) is 2. The first kappa shape index (κ1) is 19.8. The quantitative estimate of drug-likeness (QED) is 0.600. The summed E-state index contributed by atoms with van der Waals surface area (Å²) in [6.45, 7) is 3.78. The lowest BCUT2D eigenvalue weighted by Crippen LogP contribution is -2.31. The Hall–Kier alpha value is -3.00. The van der Waals surface area contributed by atoms with Crippen LogP contribution in [-0.4, -0.2) is 28.0 Å². The van der Waals surface area contributed by atoms with Crippen LogP contribution in [-0.2, 0) is 11.2 Å². The molecule has 2 aromatic heterocycles. The van der Waals surface area contributed by atoms with Crippen LogP contribution in [0.4, 0.5) is 5.69 Å². The maximum absolute atomic E-state index is 12.3. The van der Waals surface area contributed by atoms with E-state index >= 15 is 0 Å². The van der Waals surface area contributed by atoms with E-state index in [1.54, 1.807) is 35.6 Å². The van der Waals surface area contributed by atoms with Crippen LogP contribution in [0.3, 0.4) is 0 Å². The molecule has 0 spiro atoms. The summed E-state index contributed by atoms with van der Waals surface area (Å²) < 4.78 is 5.24. The van der Waals surface area contributed by atoms with Crippen molar-refractivity contribution >= 4 is 28.8 Å². The predicted molar refractivity (Wildman–Crippen MR) is 108 cm³/mol. The number of hydrogen-bond acceptors (Lipinski definition) is 6. The number of amides is 2. The summed E-state index contributed by atoms with van der Waals surface area (Å²) in [6.07, 6.45) is 1.37. The number of thiophene rings is 1. The Bertz CT molecular complexity index is 935. The minimum atomic E-state index is -0.210. The van der Waals surface area contributed by atoms with Crippen molar-refractivity contribution in [3.63, 3.8) is 0 Å². The molecule has 2 amide bonds. The molecule has 2 heterocycles. The molecule has 1 aromatic carbocycles. The zero-order valence-corrected chi connectivity index (χ0v) is 16.6. The summed E-state index contributed by atoms with van der Waals surface area (Å²) in [5.41, 5.74) is 0.950. The van der Waals surface area contributed by atoms with E-state index in [4.69, 9.17) is 4.52 Å². The maximum atomic E-state index is 12.3. The van der Waals surface area contributed by atoms with Crippen molar-refractivity contribution in [3.05, 3.63) is 53.2 Å². The molecule has 0 aliphatic heterocycles. The smallest absolute Gasteiger partial charge is 0.253 e. The standard InChI is InChI=1S/C20H22N4O3S/c1-13(2)21-20(26)14-7-3-4-8-15(14)22-17(25)10-5-11-18-23-19(24-27-18)16-9-6-12-28-16/h3-4,6-9,12-13H,5,10-11H2,1-2H3,(H,21,26)(H,22,25). The van der Waals surface area contributed by atoms with Gasteiger partial charge in [0.15, 0.2) is 0 Å². The molecule has 0 unspecified atom stereocenters. The summed E-state index contributed by atoms with van der Waals surface area (Å²) in [4.78, 5) is 29.8. The number of aromatic nitrogens is 2. The molecular formula is C20H22N4O3S. The van der Waals surface area contributed by atoms with Gasteiger partial charge in [-0.1, -0.05) is 23.4 Å². The SMILES string of the molecule is CC(C)NC(=O)c1ccccc1NC(=O)CCCc1nc(-c2cccs2)no1. The fourth-order valence-electron chi connectivity index (χ4n) is 2.61. The lowest BCUT2D eigenvalue weighted by atomic mass is 10.1. The lowest BCUT2D eigenvalue weighted by molar-refractivity contribution is -0.116. The molecule has 0 radical (unpaired) electrons. The zero-order chi connectivity index (χ0) is 19.9. The number of benzene rings is 1. The first-order valence-corrected chi connectivity index (χ1v) is 9.97. The first-order valence-electron chi connectivity index (χ1n) is 9.09. The van der Waals surface area contributed by atoms with Crippen molar-refractivity contribution in [1.29, 1.82) is 0 Å². The van der Waals surface area contributed by atoms with Gasteiger partial charge in [-0.25, -0.2) is 0 Å². The van der Waals surface area contributed by atoms with E-state index in [1.165, 1.54) is 0 Å². The molecule has 8 heteroatoms. The Labute approximate surface area is 167 Å². The molecule has 3 aromatic rings. The summed E-state index contributed by atoms with van der Waals surface area (Å²) in [5.74, 6) is 0.702. The maximum Gasteiger partial charge on any atom is 0.253 e. The van der Waals surface area contributed by atoms with E-state index in [0.717, 1.165) is 4.88 Å². The second-order valence-corrected chi connectivity index (χ2v) is 7.51. The van der Waals surface area contributed by atoms with Crippen molar-refractivity contribution in [2.45, 2.75) is 39.2 Å². The number of aryl methyl sites for hydroxylation is 1. The van der Waals surface area contributed by atoms with Crippen LogP contribution in [0.5, 0.6) is 0 Å². The average Bonchev–Trinajstić information content (AvgIpc) is 3.33. The van der Waals surface area contributed by atoms with E-state index in [-0.39, 0.29) is 24.3 Å². The number of rotatable bonds is 8. The molecule has 0 bridgehead atoms. The second kappa shape index (κ2) is 9.27. The van der Waals surface area contributed by atoms with E-state index in [1.807, 2.05) is 31.4 Å². The van der Waals surface area contributed by atoms with Gasteiger partial charge in [0.2, 0.25) is 17.6 Å². The number of nitrogens with one attached hydrogen (secondary N) is 2. The molecule has 2 N–H and O–H groups in total. The third-order valence-electron chi connectivity index (χ3n) is 3.87. The molecule has 3 rings (SSSR count).